The van der Waals surface area contributed by atoms with E-state index in [4.69, 9.17) is 11.1 Å². The van der Waals surface area contributed by atoms with Gasteiger partial charge in [0.05, 0.1) is 5.84 Å². The topological polar surface area (TPSA) is 53.1 Å². The van der Waals surface area contributed by atoms with Crippen LogP contribution in [0.25, 0.3) is 0 Å². The molecule has 0 saturated heterocycles. The molecule has 0 amide bonds. The van der Waals surface area contributed by atoms with E-state index in [9.17, 15) is 0 Å². The Morgan fingerprint density at radius 3 is 2.31 bits per heavy atom. The molecule has 1 aliphatic carbocycles. The molecular weight excluding hydrogens is 198 g/mol. The molecule has 0 heterocycles. The molecule has 1 aliphatic rings. The minimum absolute atomic E-state index is 0.320. The number of hydrogen-bond donors (Lipinski definition) is 2. The lowest BCUT2D eigenvalue weighted by Gasteiger charge is -2.36. The summed E-state index contributed by atoms with van der Waals surface area (Å²) >= 11 is 0. The molecule has 0 aromatic rings. The first-order chi connectivity index (χ1) is 7.67. The maximum Gasteiger partial charge on any atom is 0.0918 e. The molecule has 1 rings (SSSR count). The van der Waals surface area contributed by atoms with Crippen molar-refractivity contribution in [2.75, 3.05) is 13.1 Å². The average Bonchev–Trinajstić information content (AvgIpc) is 2.30. The van der Waals surface area contributed by atoms with Gasteiger partial charge in [-0.15, -0.1) is 0 Å². The standard InChI is InChI=1S/C13H27N3/c1-3-11-5-7-12(8-6-11)16(4-2)10-9-13(14)15/h11-12H,3-10H2,1-2H3,(H3,14,15). The number of rotatable bonds is 6. The Hall–Kier alpha value is -0.570. The van der Waals surface area contributed by atoms with E-state index >= 15 is 0 Å². The fourth-order valence-corrected chi connectivity index (χ4v) is 2.78. The van der Waals surface area contributed by atoms with Crippen molar-refractivity contribution in [3.05, 3.63) is 0 Å². The van der Waals surface area contributed by atoms with Crippen LogP contribution in [0.3, 0.4) is 0 Å². The molecule has 0 radical (unpaired) electrons. The second kappa shape index (κ2) is 6.89. The number of amidine groups is 1. The van der Waals surface area contributed by atoms with Crippen LogP contribution in [0.15, 0.2) is 0 Å². The van der Waals surface area contributed by atoms with Gasteiger partial charge in [-0.05, 0) is 38.1 Å². The van der Waals surface area contributed by atoms with Crippen LogP contribution >= 0.6 is 0 Å². The molecule has 0 atom stereocenters. The Kier molecular flexibility index (Phi) is 5.81. The monoisotopic (exact) mass is 225 g/mol. The van der Waals surface area contributed by atoms with Gasteiger partial charge in [-0.1, -0.05) is 20.3 Å². The van der Waals surface area contributed by atoms with E-state index < -0.39 is 0 Å². The van der Waals surface area contributed by atoms with Crippen molar-refractivity contribution in [1.82, 2.24) is 4.90 Å². The molecule has 1 saturated carbocycles. The first kappa shape index (κ1) is 13.5. The van der Waals surface area contributed by atoms with Crippen molar-refractivity contribution < 1.29 is 0 Å². The van der Waals surface area contributed by atoms with Crippen molar-refractivity contribution in [2.45, 2.75) is 58.4 Å². The van der Waals surface area contributed by atoms with Gasteiger partial charge in [0.15, 0.2) is 0 Å². The van der Waals surface area contributed by atoms with Gasteiger partial charge < -0.3 is 10.6 Å². The Balaban J connectivity index is 2.33. The molecule has 0 aromatic heterocycles. The summed E-state index contributed by atoms with van der Waals surface area (Å²) < 4.78 is 0. The molecule has 0 spiro atoms. The summed E-state index contributed by atoms with van der Waals surface area (Å²) in [6.45, 7) is 6.58. The van der Waals surface area contributed by atoms with Gasteiger partial charge >= 0.3 is 0 Å². The Bertz CT molecular complexity index is 207. The zero-order valence-electron chi connectivity index (χ0n) is 10.8. The molecule has 3 nitrogen and oxygen atoms in total. The van der Waals surface area contributed by atoms with Gasteiger partial charge in [-0.25, -0.2) is 0 Å². The SMILES string of the molecule is CCC1CCC(N(CC)CCC(=N)N)CC1. The molecule has 3 heteroatoms. The largest absolute Gasteiger partial charge is 0.388 e. The Morgan fingerprint density at radius 1 is 1.25 bits per heavy atom. The first-order valence-corrected chi connectivity index (χ1v) is 6.74. The van der Waals surface area contributed by atoms with Gasteiger partial charge in [0.25, 0.3) is 0 Å². The van der Waals surface area contributed by atoms with Crippen LogP contribution in [0.5, 0.6) is 0 Å². The quantitative estimate of drug-likeness (QED) is 0.539. The lowest BCUT2D eigenvalue weighted by Crippen LogP contribution is -2.39. The van der Waals surface area contributed by atoms with Gasteiger partial charge in [-0.3, -0.25) is 5.41 Å². The van der Waals surface area contributed by atoms with Crippen molar-refractivity contribution >= 4 is 5.84 Å². The highest BCUT2D eigenvalue weighted by Gasteiger charge is 2.23. The second-order valence-corrected chi connectivity index (χ2v) is 4.99. The molecule has 1 fully saturated rings. The molecule has 16 heavy (non-hydrogen) atoms. The highest BCUT2D eigenvalue weighted by molar-refractivity contribution is 5.76. The van der Waals surface area contributed by atoms with E-state index in [-0.39, 0.29) is 0 Å². The molecule has 0 bridgehead atoms. The normalized spacial score (nSPS) is 25.9. The fraction of sp³-hybridized carbons (Fsp3) is 0.923. The summed E-state index contributed by atoms with van der Waals surface area (Å²) in [7, 11) is 0. The van der Waals surface area contributed by atoms with E-state index in [2.05, 4.69) is 18.7 Å². The number of nitrogens with one attached hydrogen (secondary N) is 1. The zero-order chi connectivity index (χ0) is 12.0. The fourth-order valence-electron chi connectivity index (χ4n) is 2.78. The Labute approximate surface area is 99.9 Å². The van der Waals surface area contributed by atoms with E-state index in [0.29, 0.717) is 5.84 Å². The number of nitrogens with zero attached hydrogens (tertiary/aromatic N) is 1. The van der Waals surface area contributed by atoms with E-state index in [1.54, 1.807) is 0 Å². The summed E-state index contributed by atoms with van der Waals surface area (Å²) in [5.74, 6) is 1.28. The van der Waals surface area contributed by atoms with Crippen LogP contribution < -0.4 is 5.73 Å². The molecule has 0 unspecified atom stereocenters. The van der Waals surface area contributed by atoms with Crippen molar-refractivity contribution in [3.63, 3.8) is 0 Å². The van der Waals surface area contributed by atoms with Crippen LogP contribution in [0, 0.1) is 11.3 Å². The molecule has 0 aromatic carbocycles. The van der Waals surface area contributed by atoms with Crippen molar-refractivity contribution in [2.24, 2.45) is 11.7 Å². The highest BCUT2D eigenvalue weighted by Crippen LogP contribution is 2.29. The highest BCUT2D eigenvalue weighted by atomic mass is 15.1. The molecule has 3 N–H and O–H groups in total. The van der Waals surface area contributed by atoms with E-state index in [1.165, 1.54) is 32.1 Å². The maximum absolute atomic E-state index is 7.29. The van der Waals surface area contributed by atoms with E-state index in [1.807, 2.05) is 0 Å². The predicted molar refractivity (Wildman–Crippen MR) is 69.8 cm³/mol. The van der Waals surface area contributed by atoms with Crippen LogP contribution in [0.2, 0.25) is 0 Å². The summed E-state index contributed by atoms with van der Waals surface area (Å²) in [5, 5.41) is 7.29. The van der Waals surface area contributed by atoms with Gasteiger partial charge in [0.1, 0.15) is 0 Å². The third kappa shape index (κ3) is 4.12. The molecule has 94 valence electrons. The van der Waals surface area contributed by atoms with Crippen LogP contribution in [0.1, 0.15) is 52.4 Å². The average molecular weight is 225 g/mol. The van der Waals surface area contributed by atoms with Gasteiger partial charge in [0.2, 0.25) is 0 Å². The van der Waals surface area contributed by atoms with Crippen LogP contribution in [-0.4, -0.2) is 29.9 Å². The van der Waals surface area contributed by atoms with Crippen LogP contribution in [0.4, 0.5) is 0 Å². The number of hydrogen-bond acceptors (Lipinski definition) is 2. The summed E-state index contributed by atoms with van der Waals surface area (Å²) in [5.41, 5.74) is 5.43. The van der Waals surface area contributed by atoms with Gasteiger partial charge in [0, 0.05) is 19.0 Å². The predicted octanol–water partition coefficient (Wildman–Crippen LogP) is 2.60. The lowest BCUT2D eigenvalue weighted by molar-refractivity contribution is 0.144. The summed E-state index contributed by atoms with van der Waals surface area (Å²) in [4.78, 5) is 2.51. The minimum Gasteiger partial charge on any atom is -0.388 e. The maximum atomic E-state index is 7.29. The lowest BCUT2D eigenvalue weighted by atomic mass is 9.84. The summed E-state index contributed by atoms with van der Waals surface area (Å²) in [6, 6.07) is 0.743. The molecular formula is C13H27N3. The zero-order valence-corrected chi connectivity index (χ0v) is 10.8. The smallest absolute Gasteiger partial charge is 0.0918 e. The van der Waals surface area contributed by atoms with Gasteiger partial charge in [-0.2, -0.15) is 0 Å². The minimum atomic E-state index is 0.320. The van der Waals surface area contributed by atoms with Crippen molar-refractivity contribution in [3.8, 4) is 0 Å². The number of nitrogens with two attached hydrogens (primary N) is 1. The second-order valence-electron chi connectivity index (χ2n) is 4.99. The third-order valence-corrected chi connectivity index (χ3v) is 3.98. The van der Waals surface area contributed by atoms with E-state index in [0.717, 1.165) is 31.5 Å². The molecule has 0 aliphatic heterocycles. The Morgan fingerprint density at radius 2 is 1.88 bits per heavy atom. The first-order valence-electron chi connectivity index (χ1n) is 6.74. The van der Waals surface area contributed by atoms with Crippen molar-refractivity contribution in [1.29, 1.82) is 5.41 Å². The third-order valence-electron chi connectivity index (χ3n) is 3.98. The summed E-state index contributed by atoms with van der Waals surface area (Å²) in [6.07, 6.45) is 7.51. The van der Waals surface area contributed by atoms with Crippen LogP contribution in [-0.2, 0) is 0 Å².